The summed E-state index contributed by atoms with van der Waals surface area (Å²) in [5.74, 6) is -1.34. The second-order valence-electron chi connectivity index (χ2n) is 8.41. The molecule has 1 aliphatic rings. The second kappa shape index (κ2) is 9.77. The molecule has 192 valence electrons. The van der Waals surface area contributed by atoms with Crippen LogP contribution in [0.25, 0.3) is 11.6 Å². The lowest BCUT2D eigenvalue weighted by Crippen LogP contribution is -2.20. The smallest absolute Gasteiger partial charge is 0.362 e. The molecule has 0 fully saturated rings. The Hall–Kier alpha value is -5.06. The number of nitrogens with one attached hydrogen (secondary N) is 5. The van der Waals surface area contributed by atoms with Gasteiger partial charge in [0, 0.05) is 40.2 Å². The molecule has 0 radical (unpaired) electrons. The van der Waals surface area contributed by atoms with E-state index in [-0.39, 0.29) is 11.6 Å². The van der Waals surface area contributed by atoms with Crippen molar-refractivity contribution < 1.29 is 27.2 Å². The largest absolute Gasteiger partial charge is 0.416 e. The van der Waals surface area contributed by atoms with Crippen LogP contribution in [0.1, 0.15) is 16.8 Å². The van der Waals surface area contributed by atoms with Gasteiger partial charge in [0.15, 0.2) is 0 Å². The van der Waals surface area contributed by atoms with Gasteiger partial charge in [-0.3, -0.25) is 4.79 Å². The minimum Gasteiger partial charge on any atom is -0.362 e. The van der Waals surface area contributed by atoms with Crippen LogP contribution in [-0.2, 0) is 11.0 Å². The third-order valence-corrected chi connectivity index (χ3v) is 5.62. The molecule has 0 unspecified atom stereocenters. The number of alkyl halides is 3. The first-order valence-corrected chi connectivity index (χ1v) is 11.3. The molecule has 0 spiro atoms. The molecule has 1 aromatic heterocycles. The highest BCUT2D eigenvalue weighted by Crippen LogP contribution is 2.36. The molecule has 5 rings (SSSR count). The lowest BCUT2D eigenvalue weighted by atomic mass is 10.1. The summed E-state index contributed by atoms with van der Waals surface area (Å²) in [6.07, 6.45) is -1.22. The van der Waals surface area contributed by atoms with Crippen LogP contribution in [0, 0.1) is 5.82 Å². The van der Waals surface area contributed by atoms with Gasteiger partial charge in [-0.05, 0) is 66.7 Å². The Kier molecular flexibility index (Phi) is 6.33. The Morgan fingerprint density at radius 3 is 2.37 bits per heavy atom. The molecular weight excluding hydrogens is 502 g/mol. The summed E-state index contributed by atoms with van der Waals surface area (Å²) in [6, 6.07) is 16.6. The van der Waals surface area contributed by atoms with Crippen molar-refractivity contribution in [3.63, 3.8) is 0 Å². The number of carbonyl (C=O) groups is 2. The number of fused-ring (bicyclic) bond motifs is 1. The number of hydrogen-bond donors (Lipinski definition) is 5. The van der Waals surface area contributed by atoms with E-state index in [1.54, 1.807) is 48.7 Å². The standard InChI is InChI=1S/C27H19F4N5O2/c28-16-9-15(27(29,30)31)10-21(11-16)35-26(38)34-19-4-1-3-18(12-19)33-20-6-7-22-23(13-17-5-2-8-32-17)25(37)36-24(22)14-20/h1-14,32-33H,(H,36,37)(H2,34,35,38). The van der Waals surface area contributed by atoms with Gasteiger partial charge in [0.25, 0.3) is 5.91 Å². The van der Waals surface area contributed by atoms with Crippen LogP contribution in [0.4, 0.5) is 50.8 Å². The van der Waals surface area contributed by atoms with Crippen LogP contribution >= 0.6 is 0 Å². The van der Waals surface area contributed by atoms with Crippen molar-refractivity contribution in [1.82, 2.24) is 4.98 Å². The summed E-state index contributed by atoms with van der Waals surface area (Å²) >= 11 is 0. The summed E-state index contributed by atoms with van der Waals surface area (Å²) in [4.78, 5) is 27.8. The van der Waals surface area contributed by atoms with Crippen LogP contribution in [0.3, 0.4) is 0 Å². The van der Waals surface area contributed by atoms with Gasteiger partial charge in [-0.15, -0.1) is 0 Å². The molecule has 0 aliphatic carbocycles. The molecule has 1 aliphatic heterocycles. The molecule has 0 bridgehead atoms. The minimum absolute atomic E-state index is 0.218. The first-order valence-electron chi connectivity index (χ1n) is 11.3. The molecule has 5 N–H and O–H groups in total. The van der Waals surface area contributed by atoms with E-state index in [1.165, 1.54) is 0 Å². The average molecular weight is 521 g/mol. The third kappa shape index (κ3) is 5.51. The first kappa shape index (κ1) is 24.6. The quantitative estimate of drug-likeness (QED) is 0.144. The zero-order valence-electron chi connectivity index (χ0n) is 19.4. The SMILES string of the molecule is O=C(Nc1cccc(Nc2ccc3c(c2)NC(=O)C3=Cc2ccc[nH]2)c1)Nc1cc(F)cc(C(F)(F)F)c1. The van der Waals surface area contributed by atoms with Gasteiger partial charge in [0.1, 0.15) is 5.82 Å². The number of amides is 3. The molecule has 0 saturated heterocycles. The molecule has 2 heterocycles. The van der Waals surface area contributed by atoms with Gasteiger partial charge in [-0.1, -0.05) is 12.1 Å². The van der Waals surface area contributed by atoms with Crippen LogP contribution < -0.4 is 21.3 Å². The highest BCUT2D eigenvalue weighted by atomic mass is 19.4. The Bertz CT molecular complexity index is 1560. The number of carbonyl (C=O) groups excluding carboxylic acids is 2. The number of anilines is 5. The van der Waals surface area contributed by atoms with E-state index in [0.717, 1.165) is 17.3 Å². The number of halogens is 4. The van der Waals surface area contributed by atoms with Gasteiger partial charge in [-0.2, -0.15) is 13.2 Å². The summed E-state index contributed by atoms with van der Waals surface area (Å²) in [5, 5.41) is 10.7. The Labute approximate surface area is 213 Å². The van der Waals surface area contributed by atoms with Crippen molar-refractivity contribution in [2.45, 2.75) is 6.18 Å². The highest BCUT2D eigenvalue weighted by Gasteiger charge is 2.31. The summed E-state index contributed by atoms with van der Waals surface area (Å²) in [5.41, 5.74) is 2.79. The molecule has 4 aromatic rings. The fraction of sp³-hybridized carbons (Fsp3) is 0.0370. The van der Waals surface area contributed by atoms with Crippen molar-refractivity contribution in [3.05, 3.63) is 102 Å². The molecule has 3 amide bonds. The number of aromatic amines is 1. The zero-order valence-corrected chi connectivity index (χ0v) is 19.4. The second-order valence-corrected chi connectivity index (χ2v) is 8.41. The van der Waals surface area contributed by atoms with Crippen LogP contribution in [0.5, 0.6) is 0 Å². The van der Waals surface area contributed by atoms with Gasteiger partial charge in [0.05, 0.1) is 16.8 Å². The van der Waals surface area contributed by atoms with Crippen molar-refractivity contribution in [3.8, 4) is 0 Å². The van der Waals surface area contributed by atoms with Crippen molar-refractivity contribution in [1.29, 1.82) is 0 Å². The van der Waals surface area contributed by atoms with Crippen LogP contribution in [0.15, 0.2) is 79.0 Å². The van der Waals surface area contributed by atoms with Crippen LogP contribution in [-0.4, -0.2) is 16.9 Å². The van der Waals surface area contributed by atoms with Gasteiger partial charge >= 0.3 is 12.2 Å². The summed E-state index contributed by atoms with van der Waals surface area (Å²) in [6.45, 7) is 0. The normalized spacial score (nSPS) is 13.7. The van der Waals surface area contributed by atoms with E-state index in [0.29, 0.717) is 40.5 Å². The summed E-state index contributed by atoms with van der Waals surface area (Å²) < 4.78 is 52.3. The number of benzene rings is 3. The lowest BCUT2D eigenvalue weighted by Gasteiger charge is -2.13. The zero-order chi connectivity index (χ0) is 26.9. The number of H-pyrrole nitrogens is 1. The van der Waals surface area contributed by atoms with E-state index in [2.05, 4.69) is 26.3 Å². The van der Waals surface area contributed by atoms with Crippen LogP contribution in [0.2, 0.25) is 0 Å². The Morgan fingerprint density at radius 1 is 0.842 bits per heavy atom. The molecule has 7 nitrogen and oxygen atoms in total. The van der Waals surface area contributed by atoms with Crippen molar-refractivity contribution in [2.75, 3.05) is 21.3 Å². The average Bonchev–Trinajstić information content (AvgIpc) is 3.46. The maximum atomic E-state index is 13.6. The molecule has 11 heteroatoms. The predicted molar refractivity (Wildman–Crippen MR) is 138 cm³/mol. The number of hydrogen-bond acceptors (Lipinski definition) is 3. The van der Waals surface area contributed by atoms with E-state index in [4.69, 9.17) is 0 Å². The molecule has 3 aromatic carbocycles. The predicted octanol–water partition coefficient (Wildman–Crippen LogP) is 7.05. The van der Waals surface area contributed by atoms with Gasteiger partial charge in [-0.25, -0.2) is 9.18 Å². The van der Waals surface area contributed by atoms with Gasteiger partial charge < -0.3 is 26.3 Å². The molecule has 38 heavy (non-hydrogen) atoms. The fourth-order valence-electron chi connectivity index (χ4n) is 3.97. The van der Waals surface area contributed by atoms with Crippen molar-refractivity contribution >= 4 is 52.0 Å². The number of aromatic nitrogens is 1. The number of urea groups is 1. The first-order chi connectivity index (χ1) is 18.1. The maximum Gasteiger partial charge on any atom is 0.416 e. The van der Waals surface area contributed by atoms with E-state index in [1.807, 2.05) is 18.2 Å². The molecule has 0 atom stereocenters. The number of rotatable bonds is 5. The van der Waals surface area contributed by atoms with E-state index >= 15 is 0 Å². The Balaban J connectivity index is 1.27. The highest BCUT2D eigenvalue weighted by molar-refractivity contribution is 6.35. The maximum absolute atomic E-state index is 13.6. The summed E-state index contributed by atoms with van der Waals surface area (Å²) in [7, 11) is 0. The monoisotopic (exact) mass is 521 g/mol. The lowest BCUT2D eigenvalue weighted by molar-refractivity contribution is -0.137. The van der Waals surface area contributed by atoms with E-state index in [9.17, 15) is 27.2 Å². The minimum atomic E-state index is -4.75. The van der Waals surface area contributed by atoms with Gasteiger partial charge in [0.2, 0.25) is 0 Å². The fourth-order valence-corrected chi connectivity index (χ4v) is 3.97. The van der Waals surface area contributed by atoms with E-state index < -0.39 is 23.6 Å². The topological polar surface area (TPSA) is 98.1 Å². The molecular formula is C27H19F4N5O2. The third-order valence-electron chi connectivity index (χ3n) is 5.62. The van der Waals surface area contributed by atoms with Crippen molar-refractivity contribution in [2.24, 2.45) is 0 Å². The Morgan fingerprint density at radius 2 is 1.61 bits per heavy atom. The molecule has 0 saturated carbocycles.